The lowest BCUT2D eigenvalue weighted by Gasteiger charge is -2.27. The minimum absolute atomic E-state index is 0.0403. The number of rotatable bonds is 11. The maximum atomic E-state index is 11.9. The molecule has 6 heteroatoms. The minimum Gasteiger partial charge on any atom is -0.481 e. The number of carboxylic acid groups (broad SMARTS) is 1. The molecule has 0 aliphatic heterocycles. The number of amides is 2. The van der Waals surface area contributed by atoms with Gasteiger partial charge in [0.25, 0.3) is 0 Å². The molecule has 1 atom stereocenters. The van der Waals surface area contributed by atoms with Crippen LogP contribution in [0.15, 0.2) is 0 Å². The number of urea groups is 1. The third-order valence-corrected chi connectivity index (χ3v) is 2.99. The highest BCUT2D eigenvalue weighted by Crippen LogP contribution is 2.04. The summed E-state index contributed by atoms with van der Waals surface area (Å²) in [5.74, 6) is -0.895. The van der Waals surface area contributed by atoms with E-state index in [0.29, 0.717) is 19.7 Å². The molecule has 0 bridgehead atoms. The molecule has 0 aliphatic rings. The lowest BCUT2D eigenvalue weighted by atomic mass is 10.2. The SMILES string of the molecule is CCCCOCCCNC(=O)N(CC)C(C)CC(=O)O. The lowest BCUT2D eigenvalue weighted by Crippen LogP contribution is -2.46. The number of aliphatic carboxylic acids is 1. The highest BCUT2D eigenvalue weighted by atomic mass is 16.5. The Morgan fingerprint density at radius 1 is 1.25 bits per heavy atom. The number of unbranched alkanes of at least 4 members (excludes halogenated alkanes) is 1. The summed E-state index contributed by atoms with van der Waals surface area (Å²) in [4.78, 5) is 24.1. The van der Waals surface area contributed by atoms with Gasteiger partial charge in [-0.1, -0.05) is 13.3 Å². The number of carbonyl (C=O) groups excluding carboxylic acids is 1. The van der Waals surface area contributed by atoms with Crippen LogP contribution in [-0.4, -0.2) is 54.4 Å². The Morgan fingerprint density at radius 2 is 1.90 bits per heavy atom. The number of hydrogen-bond donors (Lipinski definition) is 2. The fourth-order valence-electron chi connectivity index (χ4n) is 1.84. The van der Waals surface area contributed by atoms with Crippen LogP contribution in [0.25, 0.3) is 0 Å². The lowest BCUT2D eigenvalue weighted by molar-refractivity contribution is -0.138. The summed E-state index contributed by atoms with van der Waals surface area (Å²) in [6.07, 6.45) is 2.90. The first kappa shape index (κ1) is 18.7. The molecular weight excluding hydrogens is 260 g/mol. The topological polar surface area (TPSA) is 78.9 Å². The Bertz CT molecular complexity index is 284. The zero-order chi connectivity index (χ0) is 15.4. The first-order valence-corrected chi connectivity index (χ1v) is 7.36. The van der Waals surface area contributed by atoms with Gasteiger partial charge in [0, 0.05) is 32.3 Å². The molecule has 0 aromatic rings. The van der Waals surface area contributed by atoms with Crippen molar-refractivity contribution in [1.29, 1.82) is 0 Å². The first-order chi connectivity index (χ1) is 9.52. The number of carbonyl (C=O) groups is 2. The van der Waals surface area contributed by atoms with Crippen molar-refractivity contribution in [1.82, 2.24) is 10.2 Å². The molecule has 2 N–H and O–H groups in total. The van der Waals surface area contributed by atoms with E-state index >= 15 is 0 Å². The van der Waals surface area contributed by atoms with Crippen molar-refractivity contribution >= 4 is 12.0 Å². The second-order valence-electron chi connectivity index (χ2n) is 4.78. The van der Waals surface area contributed by atoms with Gasteiger partial charge < -0.3 is 20.1 Å². The number of nitrogens with one attached hydrogen (secondary N) is 1. The normalized spacial score (nSPS) is 11.9. The third-order valence-electron chi connectivity index (χ3n) is 2.99. The van der Waals surface area contributed by atoms with Gasteiger partial charge in [0.1, 0.15) is 0 Å². The zero-order valence-electron chi connectivity index (χ0n) is 12.9. The van der Waals surface area contributed by atoms with Crippen molar-refractivity contribution in [3.05, 3.63) is 0 Å². The molecule has 0 saturated heterocycles. The van der Waals surface area contributed by atoms with Gasteiger partial charge in [0.05, 0.1) is 6.42 Å². The molecule has 0 aromatic carbocycles. The molecule has 0 radical (unpaired) electrons. The fraction of sp³-hybridized carbons (Fsp3) is 0.857. The molecule has 0 fully saturated rings. The van der Waals surface area contributed by atoms with E-state index in [-0.39, 0.29) is 18.5 Å². The van der Waals surface area contributed by atoms with Crippen LogP contribution in [0, 0.1) is 0 Å². The highest BCUT2D eigenvalue weighted by Gasteiger charge is 2.20. The number of ether oxygens (including phenoxy) is 1. The average molecular weight is 288 g/mol. The van der Waals surface area contributed by atoms with Crippen molar-refractivity contribution in [2.45, 2.75) is 52.5 Å². The van der Waals surface area contributed by atoms with Crippen LogP contribution < -0.4 is 5.32 Å². The summed E-state index contributed by atoms with van der Waals surface area (Å²) in [6.45, 7) is 8.13. The molecule has 1 unspecified atom stereocenters. The molecule has 0 heterocycles. The van der Waals surface area contributed by atoms with Crippen LogP contribution in [0.1, 0.15) is 46.5 Å². The van der Waals surface area contributed by atoms with E-state index in [9.17, 15) is 9.59 Å². The largest absolute Gasteiger partial charge is 0.481 e. The number of nitrogens with zero attached hydrogens (tertiary/aromatic N) is 1. The van der Waals surface area contributed by atoms with Crippen molar-refractivity contribution < 1.29 is 19.4 Å². The predicted octanol–water partition coefficient (Wildman–Crippen LogP) is 2.09. The fourth-order valence-corrected chi connectivity index (χ4v) is 1.84. The van der Waals surface area contributed by atoms with Crippen molar-refractivity contribution in [2.24, 2.45) is 0 Å². The molecule has 6 nitrogen and oxygen atoms in total. The molecule has 0 rings (SSSR count). The first-order valence-electron chi connectivity index (χ1n) is 7.36. The maximum absolute atomic E-state index is 11.9. The standard InChI is InChI=1S/C14H28N2O4/c1-4-6-9-20-10-7-8-15-14(19)16(5-2)12(3)11-13(17)18/h12H,4-11H2,1-3H3,(H,15,19)(H,17,18). The summed E-state index contributed by atoms with van der Waals surface area (Å²) in [6, 6.07) is -0.520. The summed E-state index contributed by atoms with van der Waals surface area (Å²) >= 11 is 0. The average Bonchev–Trinajstić information content (AvgIpc) is 2.37. The van der Waals surface area contributed by atoms with Gasteiger partial charge in [-0.25, -0.2) is 4.79 Å². The van der Waals surface area contributed by atoms with Gasteiger partial charge in [-0.05, 0) is 26.7 Å². The number of carboxylic acids is 1. The molecule has 0 aliphatic carbocycles. The van der Waals surface area contributed by atoms with Crippen LogP contribution in [0.3, 0.4) is 0 Å². The quantitative estimate of drug-likeness (QED) is 0.571. The Balaban J connectivity index is 3.84. The van der Waals surface area contributed by atoms with Crippen LogP contribution in [0.5, 0.6) is 0 Å². The second kappa shape index (κ2) is 11.5. The van der Waals surface area contributed by atoms with E-state index in [0.717, 1.165) is 25.9 Å². The van der Waals surface area contributed by atoms with Crippen molar-refractivity contribution in [2.75, 3.05) is 26.3 Å². The maximum Gasteiger partial charge on any atom is 0.317 e. The van der Waals surface area contributed by atoms with Crippen LogP contribution in [-0.2, 0) is 9.53 Å². The zero-order valence-corrected chi connectivity index (χ0v) is 12.9. The van der Waals surface area contributed by atoms with Gasteiger partial charge in [0.15, 0.2) is 0 Å². The van der Waals surface area contributed by atoms with E-state index in [1.54, 1.807) is 6.92 Å². The Kier molecular flexibility index (Phi) is 10.8. The summed E-state index contributed by atoms with van der Waals surface area (Å²) in [7, 11) is 0. The summed E-state index contributed by atoms with van der Waals surface area (Å²) in [5, 5.41) is 11.5. The third kappa shape index (κ3) is 8.74. The Hall–Kier alpha value is -1.30. The van der Waals surface area contributed by atoms with Gasteiger partial charge in [-0.2, -0.15) is 0 Å². The minimum atomic E-state index is -0.895. The molecule has 0 spiro atoms. The van der Waals surface area contributed by atoms with Gasteiger partial charge >= 0.3 is 12.0 Å². The molecule has 0 aromatic heterocycles. The molecule has 20 heavy (non-hydrogen) atoms. The summed E-state index contributed by atoms with van der Waals surface area (Å²) in [5.41, 5.74) is 0. The highest BCUT2D eigenvalue weighted by molar-refractivity contribution is 5.75. The van der Waals surface area contributed by atoms with Gasteiger partial charge in [0.2, 0.25) is 0 Å². The monoisotopic (exact) mass is 288 g/mol. The van der Waals surface area contributed by atoms with Crippen LogP contribution in [0.2, 0.25) is 0 Å². The molecule has 2 amide bonds. The van der Waals surface area contributed by atoms with Crippen molar-refractivity contribution in [3.63, 3.8) is 0 Å². The van der Waals surface area contributed by atoms with E-state index in [2.05, 4.69) is 12.2 Å². The Morgan fingerprint density at radius 3 is 2.45 bits per heavy atom. The van der Waals surface area contributed by atoms with Crippen LogP contribution in [0.4, 0.5) is 4.79 Å². The van der Waals surface area contributed by atoms with E-state index < -0.39 is 5.97 Å². The molecule has 118 valence electrons. The van der Waals surface area contributed by atoms with Crippen molar-refractivity contribution in [3.8, 4) is 0 Å². The molecular formula is C14H28N2O4. The van der Waals surface area contributed by atoms with E-state index in [4.69, 9.17) is 9.84 Å². The second-order valence-corrected chi connectivity index (χ2v) is 4.78. The van der Waals surface area contributed by atoms with E-state index in [1.165, 1.54) is 4.90 Å². The van der Waals surface area contributed by atoms with Gasteiger partial charge in [-0.3, -0.25) is 4.79 Å². The predicted molar refractivity (Wildman–Crippen MR) is 77.8 cm³/mol. The smallest absolute Gasteiger partial charge is 0.317 e. The van der Waals surface area contributed by atoms with E-state index in [1.807, 2.05) is 6.92 Å². The number of hydrogen-bond acceptors (Lipinski definition) is 3. The van der Waals surface area contributed by atoms with Gasteiger partial charge in [-0.15, -0.1) is 0 Å². The Labute approximate surface area is 121 Å². The van der Waals surface area contributed by atoms with Crippen LogP contribution >= 0.6 is 0 Å². The molecule has 0 saturated carbocycles. The summed E-state index contributed by atoms with van der Waals surface area (Å²) < 4.78 is 5.40.